The summed E-state index contributed by atoms with van der Waals surface area (Å²) in [5, 5.41) is 9.32. The van der Waals surface area contributed by atoms with Gasteiger partial charge in [-0.2, -0.15) is 11.8 Å². The van der Waals surface area contributed by atoms with Gasteiger partial charge in [-0.15, -0.1) is 0 Å². The topological polar surface area (TPSA) is 40.5 Å². The van der Waals surface area contributed by atoms with Gasteiger partial charge in [0, 0.05) is 24.0 Å². The highest BCUT2D eigenvalue weighted by molar-refractivity contribution is 7.99. The fourth-order valence-corrected chi connectivity index (χ4v) is 4.73. The summed E-state index contributed by atoms with van der Waals surface area (Å²) in [5.74, 6) is 2.27. The molecule has 0 amide bonds. The lowest BCUT2D eigenvalue weighted by Crippen LogP contribution is -2.42. The molecule has 2 aliphatic rings. The van der Waals surface area contributed by atoms with Gasteiger partial charge in [0.05, 0.1) is 5.56 Å². The second-order valence-corrected chi connectivity index (χ2v) is 6.56. The Morgan fingerprint density at radius 3 is 2.95 bits per heavy atom. The number of hydrogen-bond donors (Lipinski definition) is 1. The van der Waals surface area contributed by atoms with E-state index in [1.165, 1.54) is 5.75 Å². The normalized spacial score (nSPS) is 26.3. The highest BCUT2D eigenvalue weighted by Gasteiger charge is 2.33. The number of thioether (sulfide) groups is 1. The quantitative estimate of drug-likeness (QED) is 0.902. The zero-order valence-corrected chi connectivity index (χ0v) is 11.9. The van der Waals surface area contributed by atoms with Crippen molar-refractivity contribution in [2.24, 2.45) is 5.92 Å². The summed E-state index contributed by atoms with van der Waals surface area (Å²) in [7, 11) is 0. The molecule has 0 aliphatic carbocycles. The zero-order valence-electron chi connectivity index (χ0n) is 11.1. The SMILES string of the molecule is CC1CSCC1N1CCCc2c(C(=O)O)cccc21. The summed E-state index contributed by atoms with van der Waals surface area (Å²) >= 11 is 2.01. The number of hydrogen-bond acceptors (Lipinski definition) is 3. The Labute approximate surface area is 118 Å². The van der Waals surface area contributed by atoms with E-state index in [2.05, 4.69) is 17.9 Å². The van der Waals surface area contributed by atoms with Crippen molar-refractivity contribution in [3.63, 3.8) is 0 Å². The summed E-state index contributed by atoms with van der Waals surface area (Å²) in [5.41, 5.74) is 2.68. The van der Waals surface area contributed by atoms with E-state index < -0.39 is 5.97 Å². The summed E-state index contributed by atoms with van der Waals surface area (Å²) in [6, 6.07) is 6.27. The minimum Gasteiger partial charge on any atom is -0.478 e. The lowest BCUT2D eigenvalue weighted by Gasteiger charge is -2.38. The molecular weight excluding hydrogens is 258 g/mol. The van der Waals surface area contributed by atoms with Crippen molar-refractivity contribution in [1.82, 2.24) is 0 Å². The van der Waals surface area contributed by atoms with Crippen LogP contribution in [0.5, 0.6) is 0 Å². The van der Waals surface area contributed by atoms with Crippen LogP contribution in [0.1, 0.15) is 29.3 Å². The van der Waals surface area contributed by atoms with E-state index in [0.29, 0.717) is 17.5 Å². The summed E-state index contributed by atoms with van der Waals surface area (Å²) < 4.78 is 0. The highest BCUT2D eigenvalue weighted by Crippen LogP contribution is 2.37. The average Bonchev–Trinajstić information content (AvgIpc) is 2.83. The maximum atomic E-state index is 11.3. The smallest absolute Gasteiger partial charge is 0.336 e. The first-order chi connectivity index (χ1) is 9.18. The van der Waals surface area contributed by atoms with Gasteiger partial charge in [-0.1, -0.05) is 13.0 Å². The molecule has 3 nitrogen and oxygen atoms in total. The molecule has 1 saturated heterocycles. The average molecular weight is 277 g/mol. The Bertz CT molecular complexity index is 503. The first kappa shape index (κ1) is 12.9. The Kier molecular flexibility index (Phi) is 3.44. The predicted molar refractivity (Wildman–Crippen MR) is 79.3 cm³/mol. The van der Waals surface area contributed by atoms with Gasteiger partial charge in [0.15, 0.2) is 0 Å². The predicted octanol–water partition coefficient (Wildman–Crippen LogP) is 2.89. The van der Waals surface area contributed by atoms with Crippen molar-refractivity contribution in [3.05, 3.63) is 29.3 Å². The first-order valence-electron chi connectivity index (χ1n) is 6.88. The van der Waals surface area contributed by atoms with Gasteiger partial charge >= 0.3 is 5.97 Å². The third-order valence-corrected chi connectivity index (χ3v) is 5.58. The van der Waals surface area contributed by atoms with Crippen LogP contribution in [0.2, 0.25) is 0 Å². The molecule has 3 rings (SSSR count). The maximum Gasteiger partial charge on any atom is 0.336 e. The summed E-state index contributed by atoms with van der Waals surface area (Å²) in [6.07, 6.45) is 1.95. The van der Waals surface area contributed by atoms with Crippen LogP contribution in [0.4, 0.5) is 5.69 Å². The van der Waals surface area contributed by atoms with E-state index in [4.69, 9.17) is 0 Å². The number of nitrogens with zero attached hydrogens (tertiary/aromatic N) is 1. The third-order valence-electron chi connectivity index (χ3n) is 4.24. The van der Waals surface area contributed by atoms with Crippen LogP contribution in [0.15, 0.2) is 18.2 Å². The van der Waals surface area contributed by atoms with Crippen molar-refractivity contribution < 1.29 is 9.90 Å². The molecule has 0 bridgehead atoms. The van der Waals surface area contributed by atoms with E-state index in [-0.39, 0.29) is 0 Å². The molecule has 2 atom stereocenters. The minimum atomic E-state index is -0.799. The molecule has 1 N–H and O–H groups in total. The molecule has 0 saturated carbocycles. The number of carboxylic acid groups (broad SMARTS) is 1. The van der Waals surface area contributed by atoms with Crippen molar-refractivity contribution in [2.75, 3.05) is 23.0 Å². The number of carboxylic acids is 1. The fourth-order valence-electron chi connectivity index (χ4n) is 3.25. The zero-order chi connectivity index (χ0) is 13.4. The molecule has 1 aromatic rings. The fraction of sp³-hybridized carbons (Fsp3) is 0.533. The second-order valence-electron chi connectivity index (χ2n) is 5.49. The third kappa shape index (κ3) is 2.22. The Hall–Kier alpha value is -1.16. The minimum absolute atomic E-state index is 0.487. The van der Waals surface area contributed by atoms with E-state index >= 15 is 0 Å². The van der Waals surface area contributed by atoms with Crippen LogP contribution in [-0.4, -0.2) is 35.2 Å². The Morgan fingerprint density at radius 1 is 1.42 bits per heavy atom. The largest absolute Gasteiger partial charge is 0.478 e. The first-order valence-corrected chi connectivity index (χ1v) is 8.03. The highest BCUT2D eigenvalue weighted by atomic mass is 32.2. The second kappa shape index (κ2) is 5.08. The molecule has 0 spiro atoms. The van der Waals surface area contributed by atoms with Gasteiger partial charge in [0.1, 0.15) is 0 Å². The lowest BCUT2D eigenvalue weighted by molar-refractivity contribution is 0.0695. The van der Waals surface area contributed by atoms with Gasteiger partial charge in [-0.05, 0) is 42.2 Å². The van der Waals surface area contributed by atoms with Crippen LogP contribution < -0.4 is 4.90 Å². The maximum absolute atomic E-state index is 11.3. The van der Waals surface area contributed by atoms with Crippen molar-refractivity contribution in [3.8, 4) is 0 Å². The Morgan fingerprint density at radius 2 is 2.26 bits per heavy atom. The number of anilines is 1. The molecule has 4 heteroatoms. The van der Waals surface area contributed by atoms with E-state index in [9.17, 15) is 9.90 Å². The van der Waals surface area contributed by atoms with Crippen LogP contribution >= 0.6 is 11.8 Å². The van der Waals surface area contributed by atoms with E-state index in [0.717, 1.165) is 36.4 Å². The van der Waals surface area contributed by atoms with Crippen LogP contribution in [0.25, 0.3) is 0 Å². The summed E-state index contributed by atoms with van der Waals surface area (Å²) in [6.45, 7) is 3.37. The number of benzene rings is 1. The molecule has 2 aliphatic heterocycles. The van der Waals surface area contributed by atoms with Crippen LogP contribution in [-0.2, 0) is 6.42 Å². The number of fused-ring (bicyclic) bond motifs is 1. The molecular formula is C15H19NO2S. The standard InChI is InChI=1S/C15H19NO2S/c1-10-8-19-9-14(10)16-7-3-5-11-12(15(17)18)4-2-6-13(11)16/h2,4,6,10,14H,3,5,7-9H2,1H3,(H,17,18). The van der Waals surface area contributed by atoms with Crippen LogP contribution in [0.3, 0.4) is 0 Å². The van der Waals surface area contributed by atoms with Gasteiger partial charge in [0.2, 0.25) is 0 Å². The molecule has 19 heavy (non-hydrogen) atoms. The van der Waals surface area contributed by atoms with Gasteiger partial charge in [0.25, 0.3) is 0 Å². The number of carbonyl (C=O) groups is 1. The Balaban J connectivity index is 2.00. The van der Waals surface area contributed by atoms with E-state index in [1.54, 1.807) is 6.07 Å². The van der Waals surface area contributed by atoms with Crippen molar-refractivity contribution in [1.29, 1.82) is 0 Å². The molecule has 102 valence electrons. The van der Waals surface area contributed by atoms with Gasteiger partial charge < -0.3 is 10.0 Å². The van der Waals surface area contributed by atoms with Gasteiger partial charge in [-0.3, -0.25) is 0 Å². The van der Waals surface area contributed by atoms with Crippen molar-refractivity contribution in [2.45, 2.75) is 25.8 Å². The summed E-state index contributed by atoms with van der Waals surface area (Å²) in [4.78, 5) is 13.8. The molecule has 2 unspecified atom stereocenters. The molecule has 2 heterocycles. The molecule has 1 aromatic carbocycles. The number of rotatable bonds is 2. The van der Waals surface area contributed by atoms with Gasteiger partial charge in [-0.25, -0.2) is 4.79 Å². The van der Waals surface area contributed by atoms with E-state index in [1.807, 2.05) is 17.8 Å². The monoisotopic (exact) mass is 277 g/mol. The molecule has 0 radical (unpaired) electrons. The lowest BCUT2D eigenvalue weighted by atomic mass is 9.93. The van der Waals surface area contributed by atoms with Crippen molar-refractivity contribution >= 4 is 23.4 Å². The molecule has 1 fully saturated rings. The van der Waals surface area contributed by atoms with Crippen LogP contribution in [0, 0.1) is 5.92 Å². The number of aromatic carboxylic acids is 1. The molecule has 0 aromatic heterocycles.